The Labute approximate surface area is 117 Å². The molecule has 2 aliphatic rings. The molecule has 0 N–H and O–H groups in total. The monoisotopic (exact) mass is 281 g/mol. The van der Waals surface area contributed by atoms with Gasteiger partial charge in [-0.1, -0.05) is 18.2 Å². The highest BCUT2D eigenvalue weighted by atomic mass is 35.5. The van der Waals surface area contributed by atoms with E-state index in [2.05, 4.69) is 12.1 Å². The van der Waals surface area contributed by atoms with Crippen LogP contribution in [-0.4, -0.2) is 34.5 Å². The van der Waals surface area contributed by atoms with Gasteiger partial charge in [-0.3, -0.25) is 4.79 Å². The largest absolute Gasteiger partial charge is 0.342 e. The molecule has 1 aromatic carbocycles. The third-order valence-corrected chi connectivity index (χ3v) is 5.40. The van der Waals surface area contributed by atoms with Crippen LogP contribution in [0.4, 0.5) is 0 Å². The molecule has 2 aliphatic heterocycles. The lowest BCUT2D eigenvalue weighted by Gasteiger charge is -2.31. The molecule has 1 amide bonds. The molecule has 96 valence electrons. The summed E-state index contributed by atoms with van der Waals surface area (Å²) in [6.07, 6.45) is 2.73. The number of alkyl halides is 1. The summed E-state index contributed by atoms with van der Waals surface area (Å²) in [4.78, 5) is 15.7. The van der Waals surface area contributed by atoms with Crippen LogP contribution in [-0.2, 0) is 11.2 Å². The van der Waals surface area contributed by atoms with E-state index in [9.17, 15) is 4.79 Å². The van der Waals surface area contributed by atoms with E-state index in [1.807, 2.05) is 17.0 Å². The number of halogens is 1. The lowest BCUT2D eigenvalue weighted by Crippen LogP contribution is -2.43. The Bertz CT molecular complexity index is 432. The van der Waals surface area contributed by atoms with Crippen molar-refractivity contribution in [3.05, 3.63) is 29.8 Å². The predicted octanol–water partition coefficient (Wildman–Crippen LogP) is 2.93. The number of thioether (sulfide) groups is 1. The Kier molecular flexibility index (Phi) is 3.53. The SMILES string of the molecule is O=C(C1Cc2ccccc2S1)N1CCC(Cl)CC1. The number of piperidine rings is 1. The van der Waals surface area contributed by atoms with Crippen molar-refractivity contribution < 1.29 is 4.79 Å². The van der Waals surface area contributed by atoms with Gasteiger partial charge in [0.2, 0.25) is 5.91 Å². The smallest absolute Gasteiger partial charge is 0.236 e. The number of benzene rings is 1. The molecule has 0 saturated carbocycles. The topological polar surface area (TPSA) is 20.3 Å². The van der Waals surface area contributed by atoms with E-state index in [1.54, 1.807) is 11.8 Å². The Hall–Kier alpha value is -0.670. The molecule has 0 radical (unpaired) electrons. The zero-order valence-electron chi connectivity index (χ0n) is 10.1. The van der Waals surface area contributed by atoms with Crippen LogP contribution in [0.25, 0.3) is 0 Å². The van der Waals surface area contributed by atoms with Crippen molar-refractivity contribution in [2.24, 2.45) is 0 Å². The van der Waals surface area contributed by atoms with Gasteiger partial charge in [0.1, 0.15) is 0 Å². The van der Waals surface area contributed by atoms with Crippen molar-refractivity contribution >= 4 is 29.3 Å². The van der Waals surface area contributed by atoms with E-state index in [1.165, 1.54) is 10.5 Å². The van der Waals surface area contributed by atoms with Crippen LogP contribution in [0.3, 0.4) is 0 Å². The van der Waals surface area contributed by atoms with Crippen molar-refractivity contribution in [3.8, 4) is 0 Å². The normalized spacial score (nSPS) is 24.1. The van der Waals surface area contributed by atoms with E-state index in [-0.39, 0.29) is 10.6 Å². The van der Waals surface area contributed by atoms with E-state index in [0.29, 0.717) is 5.91 Å². The van der Waals surface area contributed by atoms with Crippen LogP contribution < -0.4 is 0 Å². The fourth-order valence-corrected chi connectivity index (χ4v) is 4.07. The van der Waals surface area contributed by atoms with Crippen LogP contribution in [0, 0.1) is 0 Å². The van der Waals surface area contributed by atoms with Gasteiger partial charge in [0.25, 0.3) is 0 Å². The number of fused-ring (bicyclic) bond motifs is 1. The van der Waals surface area contributed by atoms with Gasteiger partial charge >= 0.3 is 0 Å². The number of hydrogen-bond acceptors (Lipinski definition) is 2. The second-order valence-electron chi connectivity index (χ2n) is 4.92. The quantitative estimate of drug-likeness (QED) is 0.738. The van der Waals surface area contributed by atoms with Crippen LogP contribution in [0.1, 0.15) is 18.4 Å². The molecule has 1 aromatic rings. The van der Waals surface area contributed by atoms with Crippen molar-refractivity contribution in [2.45, 2.75) is 34.8 Å². The van der Waals surface area contributed by atoms with E-state index < -0.39 is 0 Å². The molecule has 4 heteroatoms. The van der Waals surface area contributed by atoms with Gasteiger partial charge in [-0.05, 0) is 30.9 Å². The van der Waals surface area contributed by atoms with Gasteiger partial charge in [0, 0.05) is 23.4 Å². The van der Waals surface area contributed by atoms with Gasteiger partial charge in [-0.25, -0.2) is 0 Å². The number of nitrogens with zero attached hydrogens (tertiary/aromatic N) is 1. The Morgan fingerprint density at radius 2 is 2.00 bits per heavy atom. The minimum atomic E-state index is 0.0780. The average molecular weight is 282 g/mol. The summed E-state index contributed by atoms with van der Waals surface area (Å²) in [6.45, 7) is 1.64. The van der Waals surface area contributed by atoms with Gasteiger partial charge in [-0.15, -0.1) is 23.4 Å². The van der Waals surface area contributed by atoms with Crippen LogP contribution in [0.5, 0.6) is 0 Å². The van der Waals surface area contributed by atoms with Crippen LogP contribution in [0.15, 0.2) is 29.2 Å². The summed E-state index contributed by atoms with van der Waals surface area (Å²) in [5.74, 6) is 0.291. The second-order valence-corrected chi connectivity index (χ2v) is 6.78. The van der Waals surface area contributed by atoms with Crippen molar-refractivity contribution in [3.63, 3.8) is 0 Å². The minimum Gasteiger partial charge on any atom is -0.342 e. The first-order chi connectivity index (χ1) is 8.74. The maximum absolute atomic E-state index is 12.4. The molecule has 2 heterocycles. The fourth-order valence-electron chi connectivity index (χ4n) is 2.59. The number of hydrogen-bond donors (Lipinski definition) is 0. The van der Waals surface area contributed by atoms with Gasteiger partial charge in [0.15, 0.2) is 0 Å². The molecule has 1 unspecified atom stereocenters. The zero-order valence-corrected chi connectivity index (χ0v) is 11.7. The minimum absolute atomic E-state index is 0.0780. The number of carbonyl (C=O) groups excluding carboxylic acids is 1. The summed E-state index contributed by atoms with van der Waals surface area (Å²) in [7, 11) is 0. The summed E-state index contributed by atoms with van der Waals surface area (Å²) >= 11 is 7.79. The first-order valence-corrected chi connectivity index (χ1v) is 7.73. The molecular weight excluding hydrogens is 266 g/mol. The van der Waals surface area contributed by atoms with Gasteiger partial charge in [0.05, 0.1) is 5.25 Å². The lowest BCUT2D eigenvalue weighted by molar-refractivity contribution is -0.131. The molecule has 0 aromatic heterocycles. The predicted molar refractivity (Wildman–Crippen MR) is 75.2 cm³/mol. The Morgan fingerprint density at radius 3 is 2.72 bits per heavy atom. The molecule has 1 saturated heterocycles. The molecule has 0 spiro atoms. The fraction of sp³-hybridized carbons (Fsp3) is 0.500. The van der Waals surface area contributed by atoms with Crippen molar-refractivity contribution in [2.75, 3.05) is 13.1 Å². The first-order valence-electron chi connectivity index (χ1n) is 6.41. The molecule has 3 rings (SSSR count). The third-order valence-electron chi connectivity index (χ3n) is 3.66. The van der Waals surface area contributed by atoms with Crippen LogP contribution >= 0.6 is 23.4 Å². The maximum Gasteiger partial charge on any atom is 0.236 e. The standard InChI is InChI=1S/C14H16ClNOS/c15-11-5-7-16(8-6-11)14(17)13-9-10-3-1-2-4-12(10)18-13/h1-4,11,13H,5-9H2. The molecule has 1 fully saturated rings. The van der Waals surface area contributed by atoms with Crippen molar-refractivity contribution in [1.29, 1.82) is 0 Å². The number of likely N-dealkylation sites (tertiary alicyclic amines) is 1. The molecule has 18 heavy (non-hydrogen) atoms. The summed E-state index contributed by atoms with van der Waals surface area (Å²) in [5.41, 5.74) is 1.31. The van der Waals surface area contributed by atoms with Gasteiger partial charge < -0.3 is 4.90 Å². The lowest BCUT2D eigenvalue weighted by atomic mass is 10.1. The van der Waals surface area contributed by atoms with E-state index >= 15 is 0 Å². The first kappa shape index (κ1) is 12.4. The summed E-state index contributed by atoms with van der Waals surface area (Å²) in [6, 6.07) is 8.32. The Balaban J connectivity index is 1.65. The zero-order chi connectivity index (χ0) is 12.5. The highest BCUT2D eigenvalue weighted by Crippen LogP contribution is 2.37. The molecular formula is C14H16ClNOS. The summed E-state index contributed by atoms with van der Waals surface area (Å²) < 4.78 is 0. The molecule has 0 aliphatic carbocycles. The highest BCUT2D eigenvalue weighted by molar-refractivity contribution is 8.01. The number of rotatable bonds is 1. The van der Waals surface area contributed by atoms with Gasteiger partial charge in [-0.2, -0.15) is 0 Å². The number of carbonyl (C=O) groups is 1. The molecule has 1 atom stereocenters. The average Bonchev–Trinajstić information content (AvgIpc) is 2.82. The molecule has 0 bridgehead atoms. The van der Waals surface area contributed by atoms with E-state index in [0.717, 1.165) is 32.4 Å². The van der Waals surface area contributed by atoms with Crippen molar-refractivity contribution in [1.82, 2.24) is 4.90 Å². The van der Waals surface area contributed by atoms with Crippen LogP contribution in [0.2, 0.25) is 0 Å². The molecule has 2 nitrogen and oxygen atoms in total. The number of amides is 1. The maximum atomic E-state index is 12.4. The highest BCUT2D eigenvalue weighted by Gasteiger charge is 2.32. The van der Waals surface area contributed by atoms with E-state index in [4.69, 9.17) is 11.6 Å². The third kappa shape index (κ3) is 2.39. The summed E-state index contributed by atoms with van der Waals surface area (Å²) in [5, 5.41) is 0.330. The Morgan fingerprint density at radius 1 is 1.28 bits per heavy atom. The second kappa shape index (κ2) is 5.14.